The lowest BCUT2D eigenvalue weighted by Crippen LogP contribution is -2.18. The Hall–Kier alpha value is -3.28. The molecule has 1 aromatic heterocycles. The van der Waals surface area contributed by atoms with E-state index >= 15 is 0 Å². The first-order valence-electron chi connectivity index (χ1n) is 9.14. The van der Waals surface area contributed by atoms with Crippen LogP contribution in [0.3, 0.4) is 0 Å². The summed E-state index contributed by atoms with van der Waals surface area (Å²) in [6.07, 6.45) is -0.688. The molecule has 0 radical (unpaired) electrons. The Balaban J connectivity index is 1.64. The van der Waals surface area contributed by atoms with E-state index < -0.39 is 12.1 Å². The molecule has 3 aromatic rings. The Morgan fingerprint density at radius 3 is 2.64 bits per heavy atom. The number of ketones is 1. The van der Waals surface area contributed by atoms with Gasteiger partial charge in [-0.3, -0.25) is 14.4 Å². The molecule has 0 amide bonds. The van der Waals surface area contributed by atoms with Gasteiger partial charge in [-0.1, -0.05) is 29.8 Å². The van der Waals surface area contributed by atoms with Gasteiger partial charge in [0, 0.05) is 12.0 Å². The second kappa shape index (κ2) is 8.17. The number of para-hydroxylation sites is 1. The van der Waals surface area contributed by atoms with Crippen LogP contribution in [-0.4, -0.2) is 21.7 Å². The summed E-state index contributed by atoms with van der Waals surface area (Å²) in [7, 11) is 0. The molecule has 6 nitrogen and oxygen atoms in total. The molecule has 144 valence electrons. The normalized spacial score (nSPS) is 12.0. The first-order valence-corrected chi connectivity index (χ1v) is 9.14. The zero-order valence-corrected chi connectivity index (χ0v) is 16.1. The lowest BCUT2D eigenvalue weighted by atomic mass is 9.99. The van der Waals surface area contributed by atoms with Gasteiger partial charge in [-0.15, -0.1) is 0 Å². The predicted octanol–water partition coefficient (Wildman–Crippen LogP) is 3.81. The number of fused-ring (bicyclic) bond motifs is 1. The van der Waals surface area contributed by atoms with E-state index in [4.69, 9.17) is 4.74 Å². The maximum absolute atomic E-state index is 12.4. The number of ether oxygens (including phenoxy) is 1. The van der Waals surface area contributed by atoms with E-state index in [0.29, 0.717) is 16.5 Å². The van der Waals surface area contributed by atoms with Gasteiger partial charge in [0.1, 0.15) is 0 Å². The Morgan fingerprint density at radius 1 is 1.11 bits per heavy atom. The second-order valence-corrected chi connectivity index (χ2v) is 6.84. The van der Waals surface area contributed by atoms with Crippen molar-refractivity contribution in [1.82, 2.24) is 9.97 Å². The van der Waals surface area contributed by atoms with E-state index in [9.17, 15) is 14.4 Å². The highest BCUT2D eigenvalue weighted by molar-refractivity contribution is 5.98. The number of benzene rings is 2. The standard InChI is InChI=1S/C22H22N2O4/c1-13-8-9-14(2)17(12-13)19(25)10-11-20(26)28-15(3)21-23-18-7-5-4-6-16(18)22(27)24-21/h4-9,12,15H,10-11H2,1-3H3,(H,23,24,27)/t15-/m0/s1. The fraction of sp³-hybridized carbons (Fsp3) is 0.273. The summed E-state index contributed by atoms with van der Waals surface area (Å²) in [4.78, 5) is 43.7. The maximum Gasteiger partial charge on any atom is 0.306 e. The van der Waals surface area contributed by atoms with Crippen molar-refractivity contribution in [3.63, 3.8) is 0 Å². The number of aromatic amines is 1. The van der Waals surface area contributed by atoms with E-state index in [1.165, 1.54) is 0 Å². The monoisotopic (exact) mass is 378 g/mol. The topological polar surface area (TPSA) is 89.1 Å². The molecule has 0 aliphatic rings. The molecule has 6 heteroatoms. The number of rotatable bonds is 6. The summed E-state index contributed by atoms with van der Waals surface area (Å²) < 4.78 is 5.36. The highest BCUT2D eigenvalue weighted by atomic mass is 16.5. The van der Waals surface area contributed by atoms with Crippen LogP contribution in [0.5, 0.6) is 0 Å². The van der Waals surface area contributed by atoms with Crippen molar-refractivity contribution in [1.29, 1.82) is 0 Å². The van der Waals surface area contributed by atoms with Crippen LogP contribution >= 0.6 is 0 Å². The molecule has 0 bridgehead atoms. The summed E-state index contributed by atoms with van der Waals surface area (Å²) in [6.45, 7) is 5.43. The van der Waals surface area contributed by atoms with E-state index in [1.807, 2.05) is 32.0 Å². The minimum absolute atomic E-state index is 0.0334. The van der Waals surface area contributed by atoms with Crippen molar-refractivity contribution in [2.24, 2.45) is 0 Å². The number of hydrogen-bond acceptors (Lipinski definition) is 5. The fourth-order valence-electron chi connectivity index (χ4n) is 3.00. The highest BCUT2D eigenvalue weighted by Crippen LogP contribution is 2.17. The Labute approximate surface area is 162 Å². The SMILES string of the molecule is Cc1ccc(C)c(C(=O)CCC(=O)O[C@@H](C)c2nc3ccccc3c(=O)[nH]2)c1. The van der Waals surface area contributed by atoms with E-state index in [0.717, 1.165) is 11.1 Å². The lowest BCUT2D eigenvalue weighted by Gasteiger charge is -2.13. The minimum atomic E-state index is -0.722. The van der Waals surface area contributed by atoms with Crippen LogP contribution in [0.15, 0.2) is 47.3 Å². The molecular weight excluding hydrogens is 356 g/mol. The number of aromatic nitrogens is 2. The minimum Gasteiger partial charge on any atom is -0.454 e. The van der Waals surface area contributed by atoms with Crippen LogP contribution < -0.4 is 5.56 Å². The van der Waals surface area contributed by atoms with Crippen molar-refractivity contribution >= 4 is 22.7 Å². The molecule has 0 spiro atoms. The molecule has 28 heavy (non-hydrogen) atoms. The number of nitrogens with zero attached hydrogens (tertiary/aromatic N) is 1. The number of nitrogens with one attached hydrogen (secondary N) is 1. The molecule has 3 rings (SSSR count). The first-order chi connectivity index (χ1) is 13.3. The third-order valence-corrected chi connectivity index (χ3v) is 4.57. The van der Waals surface area contributed by atoms with Gasteiger partial charge >= 0.3 is 5.97 Å². The van der Waals surface area contributed by atoms with Crippen molar-refractivity contribution in [3.8, 4) is 0 Å². The smallest absolute Gasteiger partial charge is 0.306 e. The lowest BCUT2D eigenvalue weighted by molar-refractivity contribution is -0.148. The average Bonchev–Trinajstić information content (AvgIpc) is 2.68. The second-order valence-electron chi connectivity index (χ2n) is 6.84. The third kappa shape index (κ3) is 4.34. The number of carbonyl (C=O) groups excluding carboxylic acids is 2. The van der Waals surface area contributed by atoms with Gasteiger partial charge in [0.05, 0.1) is 17.3 Å². The van der Waals surface area contributed by atoms with E-state index in [1.54, 1.807) is 31.2 Å². The van der Waals surface area contributed by atoms with Crippen LogP contribution in [0, 0.1) is 13.8 Å². The zero-order chi connectivity index (χ0) is 20.3. The highest BCUT2D eigenvalue weighted by Gasteiger charge is 2.17. The molecule has 2 aromatic carbocycles. The summed E-state index contributed by atoms with van der Waals surface area (Å²) in [5, 5.41) is 0.476. The molecule has 1 atom stereocenters. The van der Waals surface area contributed by atoms with Crippen LogP contribution in [0.2, 0.25) is 0 Å². The molecule has 0 saturated heterocycles. The van der Waals surface area contributed by atoms with Gasteiger partial charge in [0.25, 0.3) is 5.56 Å². The maximum atomic E-state index is 12.4. The number of carbonyl (C=O) groups is 2. The van der Waals surface area contributed by atoms with E-state index in [2.05, 4.69) is 9.97 Å². The Morgan fingerprint density at radius 2 is 1.86 bits per heavy atom. The van der Waals surface area contributed by atoms with Crippen molar-refractivity contribution in [3.05, 3.63) is 75.3 Å². The molecule has 1 heterocycles. The number of H-pyrrole nitrogens is 1. The summed E-state index contributed by atoms with van der Waals surface area (Å²) >= 11 is 0. The Kier molecular flexibility index (Phi) is 5.68. The van der Waals surface area contributed by atoms with Gasteiger partial charge in [-0.25, -0.2) is 4.98 Å². The van der Waals surface area contributed by atoms with Crippen LogP contribution in [0.25, 0.3) is 10.9 Å². The van der Waals surface area contributed by atoms with Gasteiger partial charge < -0.3 is 9.72 Å². The zero-order valence-electron chi connectivity index (χ0n) is 16.1. The number of Topliss-reactive ketones (excluding diaryl/α,β-unsaturated/α-hetero) is 1. The fourth-order valence-corrected chi connectivity index (χ4v) is 3.00. The summed E-state index contributed by atoms with van der Waals surface area (Å²) in [5.41, 5.74) is 2.76. The van der Waals surface area contributed by atoms with Gasteiger partial charge in [-0.2, -0.15) is 0 Å². The van der Waals surface area contributed by atoms with Crippen molar-refractivity contribution < 1.29 is 14.3 Å². The molecule has 0 aliphatic carbocycles. The van der Waals surface area contributed by atoms with Gasteiger partial charge in [0.15, 0.2) is 17.7 Å². The summed E-state index contributed by atoms with van der Waals surface area (Å²) in [5.74, 6) is -0.331. The molecule has 0 saturated carbocycles. The molecule has 1 N–H and O–H groups in total. The van der Waals surface area contributed by atoms with Crippen molar-refractivity contribution in [2.75, 3.05) is 0 Å². The molecule has 0 aliphatic heterocycles. The van der Waals surface area contributed by atoms with E-state index in [-0.39, 0.29) is 30.0 Å². The van der Waals surface area contributed by atoms with Crippen molar-refractivity contribution in [2.45, 2.75) is 39.7 Å². The largest absolute Gasteiger partial charge is 0.454 e. The molecular formula is C22H22N2O4. The van der Waals surface area contributed by atoms with Crippen LogP contribution in [-0.2, 0) is 9.53 Å². The Bertz CT molecular complexity index is 1100. The van der Waals surface area contributed by atoms with Crippen LogP contribution in [0.4, 0.5) is 0 Å². The summed E-state index contributed by atoms with van der Waals surface area (Å²) in [6, 6.07) is 12.6. The number of aryl methyl sites for hydroxylation is 2. The molecule has 0 unspecified atom stereocenters. The first kappa shape index (κ1) is 19.5. The average molecular weight is 378 g/mol. The van der Waals surface area contributed by atoms with Gasteiger partial charge in [-0.05, 0) is 44.5 Å². The number of hydrogen-bond donors (Lipinski definition) is 1. The van der Waals surface area contributed by atoms with Crippen LogP contribution in [0.1, 0.15) is 53.2 Å². The number of esters is 1. The quantitative estimate of drug-likeness (QED) is 0.520. The van der Waals surface area contributed by atoms with Gasteiger partial charge in [0.2, 0.25) is 0 Å². The third-order valence-electron chi connectivity index (χ3n) is 4.57. The molecule has 0 fully saturated rings. The predicted molar refractivity (Wildman–Crippen MR) is 106 cm³/mol.